The Kier molecular flexibility index (Phi) is 3.78. The molecule has 2 fully saturated rings. The molecule has 22 heavy (non-hydrogen) atoms. The van der Waals surface area contributed by atoms with Crippen LogP contribution in [-0.4, -0.2) is 42.5 Å². The van der Waals surface area contributed by atoms with Crippen LogP contribution < -0.4 is 10.1 Å². The molecule has 3 heterocycles. The van der Waals surface area contributed by atoms with Crippen molar-refractivity contribution in [3.8, 4) is 17.1 Å². The van der Waals surface area contributed by atoms with Crippen LogP contribution in [0.1, 0.15) is 24.7 Å². The van der Waals surface area contributed by atoms with Gasteiger partial charge in [0.1, 0.15) is 11.9 Å². The van der Waals surface area contributed by atoms with Crippen LogP contribution in [-0.2, 0) is 4.74 Å². The lowest BCUT2D eigenvalue weighted by Crippen LogP contribution is -2.50. The highest BCUT2D eigenvalue weighted by Gasteiger charge is 2.22. The molecule has 0 bridgehead atoms. The molecule has 116 valence electrons. The normalized spacial score (nSPS) is 19.8. The third kappa shape index (κ3) is 2.84. The SMILES string of the molecule is c1cc(-c2noc(C3CCOCC3)n2)ccc1OC1CNC1. The number of hydrogen-bond acceptors (Lipinski definition) is 6. The third-order valence-corrected chi connectivity index (χ3v) is 4.17. The Morgan fingerprint density at radius 3 is 2.55 bits per heavy atom. The van der Waals surface area contributed by atoms with Crippen LogP contribution in [0.25, 0.3) is 11.4 Å². The Morgan fingerprint density at radius 2 is 1.86 bits per heavy atom. The molecule has 0 saturated carbocycles. The Labute approximate surface area is 128 Å². The molecular weight excluding hydrogens is 282 g/mol. The van der Waals surface area contributed by atoms with Crippen molar-refractivity contribution in [2.45, 2.75) is 24.9 Å². The Balaban J connectivity index is 1.45. The number of hydrogen-bond donors (Lipinski definition) is 1. The topological polar surface area (TPSA) is 69.4 Å². The molecule has 0 unspecified atom stereocenters. The lowest BCUT2D eigenvalue weighted by atomic mass is 10.0. The van der Waals surface area contributed by atoms with Gasteiger partial charge < -0.3 is 19.3 Å². The maximum Gasteiger partial charge on any atom is 0.230 e. The molecule has 0 radical (unpaired) electrons. The van der Waals surface area contributed by atoms with Gasteiger partial charge in [-0.15, -0.1) is 0 Å². The van der Waals surface area contributed by atoms with Gasteiger partial charge >= 0.3 is 0 Å². The summed E-state index contributed by atoms with van der Waals surface area (Å²) in [6.07, 6.45) is 2.18. The Bertz CT molecular complexity index is 616. The van der Waals surface area contributed by atoms with Gasteiger partial charge in [-0.25, -0.2) is 0 Å². The van der Waals surface area contributed by atoms with Crippen LogP contribution >= 0.6 is 0 Å². The molecule has 6 nitrogen and oxygen atoms in total. The lowest BCUT2D eigenvalue weighted by Gasteiger charge is -2.27. The van der Waals surface area contributed by atoms with Gasteiger partial charge in [-0.1, -0.05) is 5.16 Å². The van der Waals surface area contributed by atoms with Crippen LogP contribution in [0.5, 0.6) is 5.75 Å². The number of ether oxygens (including phenoxy) is 2. The maximum atomic E-state index is 5.80. The fourth-order valence-electron chi connectivity index (χ4n) is 2.68. The molecule has 1 aromatic carbocycles. The van der Waals surface area contributed by atoms with Crippen molar-refractivity contribution >= 4 is 0 Å². The summed E-state index contributed by atoms with van der Waals surface area (Å²) in [7, 11) is 0. The van der Waals surface area contributed by atoms with E-state index >= 15 is 0 Å². The van der Waals surface area contributed by atoms with Gasteiger partial charge in [-0.3, -0.25) is 0 Å². The van der Waals surface area contributed by atoms with Crippen LogP contribution in [0.3, 0.4) is 0 Å². The summed E-state index contributed by atoms with van der Waals surface area (Å²) in [6.45, 7) is 3.37. The largest absolute Gasteiger partial charge is 0.488 e. The first-order valence-corrected chi connectivity index (χ1v) is 7.77. The summed E-state index contributed by atoms with van der Waals surface area (Å²) in [6, 6.07) is 7.86. The minimum atomic E-state index is 0.288. The second-order valence-electron chi connectivity index (χ2n) is 5.77. The van der Waals surface area contributed by atoms with Crippen LogP contribution in [0.4, 0.5) is 0 Å². The third-order valence-electron chi connectivity index (χ3n) is 4.17. The summed E-state index contributed by atoms with van der Waals surface area (Å²) < 4.78 is 16.6. The van der Waals surface area contributed by atoms with E-state index in [1.165, 1.54) is 0 Å². The summed E-state index contributed by atoms with van der Waals surface area (Å²) in [5, 5.41) is 7.29. The molecule has 2 aliphatic rings. The van der Waals surface area contributed by atoms with Crippen molar-refractivity contribution in [1.29, 1.82) is 0 Å². The van der Waals surface area contributed by atoms with Crippen molar-refractivity contribution in [3.63, 3.8) is 0 Å². The van der Waals surface area contributed by atoms with Gasteiger partial charge in [0.25, 0.3) is 0 Å². The van der Waals surface area contributed by atoms with Gasteiger partial charge in [0.15, 0.2) is 0 Å². The standard InChI is InChI=1S/C16H19N3O3/c1-3-13(21-14-9-17-10-14)4-2-11(1)15-18-16(22-19-15)12-5-7-20-8-6-12/h1-4,12,14,17H,5-10H2. The number of rotatable bonds is 4. The smallest absolute Gasteiger partial charge is 0.230 e. The molecule has 0 spiro atoms. The minimum absolute atomic E-state index is 0.288. The second-order valence-corrected chi connectivity index (χ2v) is 5.77. The van der Waals surface area contributed by atoms with Crippen molar-refractivity contribution < 1.29 is 14.0 Å². The second kappa shape index (κ2) is 6.06. The number of aromatic nitrogens is 2. The van der Waals surface area contributed by atoms with E-state index in [1.54, 1.807) is 0 Å². The first kappa shape index (κ1) is 13.7. The van der Waals surface area contributed by atoms with E-state index in [0.29, 0.717) is 11.7 Å². The summed E-state index contributed by atoms with van der Waals surface area (Å²) in [4.78, 5) is 4.54. The van der Waals surface area contributed by atoms with Crippen molar-refractivity contribution in [2.24, 2.45) is 0 Å². The molecular formula is C16H19N3O3. The van der Waals surface area contributed by atoms with Crippen molar-refractivity contribution in [2.75, 3.05) is 26.3 Å². The fraction of sp³-hybridized carbons (Fsp3) is 0.500. The zero-order valence-corrected chi connectivity index (χ0v) is 12.3. The first-order valence-electron chi connectivity index (χ1n) is 7.77. The molecule has 1 N–H and O–H groups in total. The molecule has 2 saturated heterocycles. The van der Waals surface area contributed by atoms with Gasteiger partial charge in [-0.2, -0.15) is 4.98 Å². The number of benzene rings is 1. The zero-order chi connectivity index (χ0) is 14.8. The summed E-state index contributed by atoms with van der Waals surface area (Å²) >= 11 is 0. The van der Waals surface area contributed by atoms with Gasteiger partial charge in [-0.05, 0) is 37.1 Å². The van der Waals surface area contributed by atoms with Gasteiger partial charge in [0, 0.05) is 37.8 Å². The molecule has 1 aromatic heterocycles. The monoisotopic (exact) mass is 301 g/mol. The highest BCUT2D eigenvalue weighted by molar-refractivity contribution is 5.55. The van der Waals surface area contributed by atoms with E-state index < -0.39 is 0 Å². The van der Waals surface area contributed by atoms with E-state index in [9.17, 15) is 0 Å². The van der Waals surface area contributed by atoms with Gasteiger partial charge in [0.05, 0.1) is 0 Å². The highest BCUT2D eigenvalue weighted by atomic mass is 16.5. The van der Waals surface area contributed by atoms with E-state index in [4.69, 9.17) is 14.0 Å². The van der Waals surface area contributed by atoms with Crippen LogP contribution in [0.2, 0.25) is 0 Å². The predicted molar refractivity (Wildman–Crippen MR) is 79.8 cm³/mol. The average molecular weight is 301 g/mol. The highest BCUT2D eigenvalue weighted by Crippen LogP contribution is 2.28. The average Bonchev–Trinajstić information content (AvgIpc) is 3.02. The van der Waals surface area contributed by atoms with E-state index in [0.717, 1.165) is 56.3 Å². The zero-order valence-electron chi connectivity index (χ0n) is 12.3. The van der Waals surface area contributed by atoms with E-state index in [1.807, 2.05) is 24.3 Å². The van der Waals surface area contributed by atoms with E-state index in [2.05, 4.69) is 15.5 Å². The van der Waals surface area contributed by atoms with Crippen LogP contribution in [0.15, 0.2) is 28.8 Å². The summed E-state index contributed by atoms with van der Waals surface area (Å²) in [5.41, 5.74) is 0.946. The Hall–Kier alpha value is -1.92. The number of nitrogens with zero attached hydrogens (tertiary/aromatic N) is 2. The van der Waals surface area contributed by atoms with Gasteiger partial charge in [0.2, 0.25) is 11.7 Å². The predicted octanol–water partition coefficient (Wildman–Crippen LogP) is 1.98. The molecule has 6 heteroatoms. The molecule has 2 aliphatic heterocycles. The molecule has 0 aliphatic carbocycles. The fourth-order valence-corrected chi connectivity index (χ4v) is 2.68. The number of nitrogens with one attached hydrogen (secondary N) is 1. The first-order chi connectivity index (χ1) is 10.9. The molecule has 4 rings (SSSR count). The molecule has 2 aromatic rings. The van der Waals surface area contributed by atoms with Crippen LogP contribution in [0, 0.1) is 0 Å². The molecule has 0 amide bonds. The van der Waals surface area contributed by atoms with E-state index in [-0.39, 0.29) is 6.10 Å². The maximum absolute atomic E-state index is 5.80. The lowest BCUT2D eigenvalue weighted by molar-refractivity contribution is 0.0778. The summed E-state index contributed by atoms with van der Waals surface area (Å²) in [5.74, 6) is 2.56. The van der Waals surface area contributed by atoms with Crippen molar-refractivity contribution in [1.82, 2.24) is 15.5 Å². The van der Waals surface area contributed by atoms with Crippen molar-refractivity contribution in [3.05, 3.63) is 30.2 Å². The molecule has 0 atom stereocenters. The quantitative estimate of drug-likeness (QED) is 0.931. The minimum Gasteiger partial charge on any atom is -0.488 e. The Morgan fingerprint density at radius 1 is 1.09 bits per heavy atom.